The minimum atomic E-state index is -0.206. The molecule has 0 bridgehead atoms. The van der Waals surface area contributed by atoms with E-state index in [4.69, 9.17) is 10.1 Å². The number of phenolic OH excluding ortho intramolecular Hbond substituents is 1. The van der Waals surface area contributed by atoms with E-state index in [0.717, 1.165) is 28.0 Å². The van der Waals surface area contributed by atoms with Crippen LogP contribution in [0.3, 0.4) is 0 Å². The van der Waals surface area contributed by atoms with Gasteiger partial charge in [0, 0.05) is 12.8 Å². The van der Waals surface area contributed by atoms with Crippen LogP contribution in [-0.4, -0.2) is 24.0 Å². The van der Waals surface area contributed by atoms with Gasteiger partial charge in [0.25, 0.3) is 0 Å². The minimum absolute atomic E-state index is 0.173. The molecule has 2 rings (SSSR count). The van der Waals surface area contributed by atoms with Gasteiger partial charge in [0.15, 0.2) is 0 Å². The van der Waals surface area contributed by atoms with Gasteiger partial charge in [-0.25, -0.2) is 0 Å². The predicted molar refractivity (Wildman–Crippen MR) is 126 cm³/mol. The molecule has 0 atom stereocenters. The van der Waals surface area contributed by atoms with Gasteiger partial charge >= 0.3 is 0 Å². The third-order valence-electron chi connectivity index (χ3n) is 5.26. The Balaban J connectivity index is 2.05. The van der Waals surface area contributed by atoms with Crippen LogP contribution in [0.15, 0.2) is 36.4 Å². The van der Waals surface area contributed by atoms with Gasteiger partial charge in [-0.1, -0.05) is 65.8 Å². The predicted octanol–water partition coefficient (Wildman–Crippen LogP) is 5.26. The molecule has 0 saturated heterocycles. The highest BCUT2D eigenvalue weighted by atomic mass is 16.5. The molecule has 0 aliphatic rings. The second-order valence-electron chi connectivity index (χ2n) is 10.1. The lowest BCUT2D eigenvalue weighted by Gasteiger charge is -2.28. The molecule has 0 spiro atoms. The van der Waals surface area contributed by atoms with Crippen LogP contribution in [0.25, 0.3) is 0 Å². The van der Waals surface area contributed by atoms with E-state index in [-0.39, 0.29) is 29.0 Å². The maximum atomic E-state index is 12.4. The van der Waals surface area contributed by atoms with Crippen LogP contribution < -0.4 is 10.1 Å². The molecule has 0 aliphatic carbocycles. The summed E-state index contributed by atoms with van der Waals surface area (Å²) in [6.45, 7) is 12.4. The Bertz CT molecular complexity index is 898. The van der Waals surface area contributed by atoms with Gasteiger partial charge in [-0.2, -0.15) is 0 Å². The quantitative estimate of drug-likeness (QED) is 0.437. The third kappa shape index (κ3) is 6.84. The number of carbonyl (C=O) groups excluding carboxylic acids is 1. The van der Waals surface area contributed by atoms with Crippen molar-refractivity contribution >= 4 is 11.7 Å². The molecule has 0 radical (unpaired) electrons. The van der Waals surface area contributed by atoms with Crippen molar-refractivity contribution in [1.82, 2.24) is 5.32 Å². The second kappa shape index (κ2) is 9.54. The highest BCUT2D eigenvalue weighted by molar-refractivity contribution is 5.97. The summed E-state index contributed by atoms with van der Waals surface area (Å²) in [6, 6.07) is 11.5. The van der Waals surface area contributed by atoms with E-state index in [1.165, 1.54) is 0 Å². The lowest BCUT2D eigenvalue weighted by Crippen LogP contribution is -2.31. The summed E-state index contributed by atoms with van der Waals surface area (Å²) in [5.74, 6) is 1.10. The lowest BCUT2D eigenvalue weighted by atomic mass is 9.78. The molecule has 0 saturated carbocycles. The Labute approximate surface area is 186 Å². The molecule has 5 nitrogen and oxygen atoms in total. The highest BCUT2D eigenvalue weighted by Gasteiger charge is 2.26. The van der Waals surface area contributed by atoms with Crippen molar-refractivity contribution in [2.75, 3.05) is 7.11 Å². The zero-order chi connectivity index (χ0) is 23.4. The molecule has 1 amide bonds. The Hall–Kier alpha value is -2.82. The van der Waals surface area contributed by atoms with Crippen LogP contribution in [0.2, 0.25) is 0 Å². The summed E-state index contributed by atoms with van der Waals surface area (Å²) in [5, 5.41) is 21.6. The summed E-state index contributed by atoms with van der Waals surface area (Å²) in [7, 11) is 1.61. The Morgan fingerprint density at radius 3 is 1.94 bits per heavy atom. The molecule has 2 aromatic rings. The van der Waals surface area contributed by atoms with Crippen molar-refractivity contribution in [3.05, 3.63) is 58.7 Å². The lowest BCUT2D eigenvalue weighted by molar-refractivity contribution is -0.119. The van der Waals surface area contributed by atoms with Crippen LogP contribution in [0.4, 0.5) is 0 Å². The van der Waals surface area contributed by atoms with E-state index >= 15 is 0 Å². The number of rotatable bonds is 6. The summed E-state index contributed by atoms with van der Waals surface area (Å²) in [6.07, 6.45) is 1.19. The van der Waals surface area contributed by atoms with Crippen molar-refractivity contribution in [1.29, 1.82) is 5.41 Å². The number of ether oxygens (including phenoxy) is 1. The largest absolute Gasteiger partial charge is 0.507 e. The highest BCUT2D eigenvalue weighted by Crippen LogP contribution is 2.39. The summed E-state index contributed by atoms with van der Waals surface area (Å²) in [5.41, 5.74) is 3.33. The first-order valence-electron chi connectivity index (χ1n) is 10.7. The number of benzene rings is 2. The van der Waals surface area contributed by atoms with Crippen LogP contribution >= 0.6 is 0 Å². The first-order chi connectivity index (χ1) is 14.3. The molecule has 0 aromatic heterocycles. The van der Waals surface area contributed by atoms with E-state index in [0.29, 0.717) is 18.6 Å². The van der Waals surface area contributed by atoms with Gasteiger partial charge in [-0.05, 0) is 51.6 Å². The fourth-order valence-corrected chi connectivity index (χ4v) is 3.46. The molecule has 31 heavy (non-hydrogen) atoms. The number of hydrogen-bond acceptors (Lipinski definition) is 4. The zero-order valence-corrected chi connectivity index (χ0v) is 19.8. The fourth-order valence-electron chi connectivity index (χ4n) is 3.46. The number of amidine groups is 1. The van der Waals surface area contributed by atoms with Crippen LogP contribution in [0.5, 0.6) is 11.5 Å². The zero-order valence-electron chi connectivity index (χ0n) is 19.8. The van der Waals surface area contributed by atoms with Crippen molar-refractivity contribution < 1.29 is 14.6 Å². The van der Waals surface area contributed by atoms with E-state index in [1.807, 2.05) is 36.4 Å². The number of aromatic hydroxyl groups is 1. The maximum Gasteiger partial charge on any atom is 0.225 e. The minimum Gasteiger partial charge on any atom is -0.507 e. The summed E-state index contributed by atoms with van der Waals surface area (Å²) < 4.78 is 5.14. The van der Waals surface area contributed by atoms with Crippen molar-refractivity contribution in [3.8, 4) is 11.5 Å². The average molecular weight is 425 g/mol. The van der Waals surface area contributed by atoms with Crippen LogP contribution in [0, 0.1) is 5.41 Å². The number of methoxy groups -OCH3 is 1. The molecule has 5 heteroatoms. The van der Waals surface area contributed by atoms with Gasteiger partial charge in [-0.15, -0.1) is 0 Å². The standard InChI is InChI=1S/C26H36N2O3/c1-25(2,3)20-14-18(15-21(24(20)30)26(4,5)6)10-13-23(29)28-22(27)16-17-8-11-19(31-7)12-9-17/h8-9,11-12,14-15,30H,10,13,16H2,1-7H3,(H2,27,28,29). The molecular weight excluding hydrogens is 388 g/mol. The SMILES string of the molecule is COc1ccc(CC(=N)NC(=O)CCc2cc(C(C)(C)C)c(O)c(C(C)(C)C)c2)cc1. The van der Waals surface area contributed by atoms with E-state index in [1.54, 1.807) is 7.11 Å². The Kier molecular flexibility index (Phi) is 7.53. The number of amides is 1. The number of phenols is 1. The van der Waals surface area contributed by atoms with Crippen molar-refractivity contribution in [2.45, 2.75) is 71.6 Å². The van der Waals surface area contributed by atoms with Crippen molar-refractivity contribution in [3.63, 3.8) is 0 Å². The summed E-state index contributed by atoms with van der Waals surface area (Å²) in [4.78, 5) is 12.4. The average Bonchev–Trinajstić information content (AvgIpc) is 2.65. The smallest absolute Gasteiger partial charge is 0.225 e. The van der Waals surface area contributed by atoms with Crippen LogP contribution in [0.1, 0.15) is 70.2 Å². The molecule has 0 fully saturated rings. The van der Waals surface area contributed by atoms with E-state index in [9.17, 15) is 9.90 Å². The van der Waals surface area contributed by atoms with Crippen molar-refractivity contribution in [2.24, 2.45) is 0 Å². The van der Waals surface area contributed by atoms with E-state index < -0.39 is 0 Å². The fraction of sp³-hybridized carbons (Fsp3) is 0.462. The summed E-state index contributed by atoms with van der Waals surface area (Å²) >= 11 is 0. The Morgan fingerprint density at radius 1 is 0.968 bits per heavy atom. The number of nitrogens with one attached hydrogen (secondary N) is 2. The van der Waals surface area contributed by atoms with Gasteiger partial charge in [0.05, 0.1) is 7.11 Å². The third-order valence-corrected chi connectivity index (χ3v) is 5.26. The van der Waals surface area contributed by atoms with Gasteiger partial charge in [0.2, 0.25) is 5.91 Å². The molecule has 0 heterocycles. The van der Waals surface area contributed by atoms with Gasteiger partial charge in [0.1, 0.15) is 17.3 Å². The van der Waals surface area contributed by atoms with E-state index in [2.05, 4.69) is 46.9 Å². The topological polar surface area (TPSA) is 82.4 Å². The number of hydrogen-bond donors (Lipinski definition) is 3. The number of carbonyl (C=O) groups is 1. The molecule has 3 N–H and O–H groups in total. The molecule has 2 aromatic carbocycles. The number of aryl methyl sites for hydroxylation is 1. The molecule has 0 unspecified atom stereocenters. The first kappa shape index (κ1) is 24.4. The maximum absolute atomic E-state index is 12.4. The first-order valence-corrected chi connectivity index (χ1v) is 10.7. The Morgan fingerprint density at radius 2 is 1.48 bits per heavy atom. The van der Waals surface area contributed by atoms with Crippen LogP contribution in [-0.2, 0) is 28.5 Å². The van der Waals surface area contributed by atoms with Gasteiger partial charge in [-0.3, -0.25) is 10.2 Å². The monoisotopic (exact) mass is 424 g/mol. The second-order valence-corrected chi connectivity index (χ2v) is 10.1. The molecular formula is C26H36N2O3. The molecule has 168 valence electrons. The molecule has 0 aliphatic heterocycles. The normalized spacial score (nSPS) is 11.8. The van der Waals surface area contributed by atoms with Gasteiger partial charge < -0.3 is 15.2 Å².